The van der Waals surface area contributed by atoms with Gasteiger partial charge in [-0.3, -0.25) is 9.55 Å². The third-order valence-corrected chi connectivity index (χ3v) is 7.56. The molecule has 0 aliphatic heterocycles. The van der Waals surface area contributed by atoms with Gasteiger partial charge >= 0.3 is 0 Å². The first kappa shape index (κ1) is 21.2. The highest BCUT2D eigenvalue weighted by Crippen LogP contribution is 2.41. The number of pyridine rings is 1. The summed E-state index contributed by atoms with van der Waals surface area (Å²) in [6, 6.07) is 36.0. The van der Waals surface area contributed by atoms with Crippen molar-refractivity contribution in [1.82, 2.24) is 14.5 Å². The van der Waals surface area contributed by atoms with Gasteiger partial charge in [0.25, 0.3) is 0 Å². The Balaban J connectivity index is 1.52. The molecule has 0 fully saturated rings. The minimum Gasteiger partial charge on any atom is -0.455 e. The minimum atomic E-state index is 0.845. The molecule has 0 N–H and O–H groups in total. The molecule has 0 aliphatic carbocycles. The van der Waals surface area contributed by atoms with Crippen molar-refractivity contribution < 1.29 is 4.42 Å². The third-order valence-electron chi connectivity index (χ3n) is 7.56. The van der Waals surface area contributed by atoms with Crippen LogP contribution in [0.25, 0.3) is 71.6 Å². The number of imidazole rings is 1. The van der Waals surface area contributed by atoms with Gasteiger partial charge in [0.2, 0.25) is 0 Å². The molecular weight excluding hydrogens is 466 g/mol. The lowest BCUT2D eigenvalue weighted by Crippen LogP contribution is -1.99. The highest BCUT2D eigenvalue weighted by Gasteiger charge is 2.22. The van der Waals surface area contributed by atoms with E-state index in [1.54, 1.807) is 0 Å². The Kier molecular flexibility index (Phi) is 4.32. The SMILES string of the molecule is Cc1cc2nc(-c3cccc4c3oc3c4ccc4ccc5ccccc5c43)n(-c3ccccc3)c2c(C)n1. The first-order valence-corrected chi connectivity index (χ1v) is 12.9. The van der Waals surface area contributed by atoms with E-state index in [0.29, 0.717) is 0 Å². The summed E-state index contributed by atoms with van der Waals surface area (Å²) in [5.41, 5.74) is 7.62. The van der Waals surface area contributed by atoms with E-state index in [4.69, 9.17) is 14.4 Å². The van der Waals surface area contributed by atoms with E-state index in [1.807, 2.05) is 13.0 Å². The highest BCUT2D eigenvalue weighted by atomic mass is 16.3. The van der Waals surface area contributed by atoms with E-state index >= 15 is 0 Å². The maximum atomic E-state index is 6.83. The predicted octanol–water partition coefficient (Wildman–Crippen LogP) is 8.91. The summed E-state index contributed by atoms with van der Waals surface area (Å²) in [6.45, 7) is 4.07. The van der Waals surface area contributed by atoms with Crippen LogP contribution in [-0.2, 0) is 0 Å². The van der Waals surface area contributed by atoms with Crippen LogP contribution in [0.5, 0.6) is 0 Å². The molecule has 8 rings (SSSR count). The quantitative estimate of drug-likeness (QED) is 0.228. The summed E-state index contributed by atoms with van der Waals surface area (Å²) in [5, 5.41) is 6.93. The maximum Gasteiger partial charge on any atom is 0.149 e. The second-order valence-corrected chi connectivity index (χ2v) is 9.93. The Morgan fingerprint density at radius 3 is 2.26 bits per heavy atom. The molecule has 0 aliphatic rings. The fourth-order valence-electron chi connectivity index (χ4n) is 5.96. The van der Waals surface area contributed by atoms with Gasteiger partial charge in [-0.15, -0.1) is 0 Å². The molecule has 0 radical (unpaired) electrons. The Hall–Kier alpha value is -4.96. The van der Waals surface area contributed by atoms with Crippen LogP contribution in [0.15, 0.2) is 108 Å². The molecule has 0 bridgehead atoms. The molecule has 4 nitrogen and oxygen atoms in total. The van der Waals surface area contributed by atoms with Crippen molar-refractivity contribution in [3.8, 4) is 17.1 Å². The second-order valence-electron chi connectivity index (χ2n) is 9.93. The van der Waals surface area contributed by atoms with Crippen LogP contribution in [-0.4, -0.2) is 14.5 Å². The number of nitrogens with zero attached hydrogens (tertiary/aromatic N) is 3. The van der Waals surface area contributed by atoms with Crippen LogP contribution in [0.3, 0.4) is 0 Å². The molecule has 5 aromatic carbocycles. The third kappa shape index (κ3) is 2.91. The zero-order valence-electron chi connectivity index (χ0n) is 21.1. The average molecular weight is 490 g/mol. The number of furan rings is 1. The number of hydrogen-bond acceptors (Lipinski definition) is 3. The number of hydrogen-bond donors (Lipinski definition) is 0. The van der Waals surface area contributed by atoms with Crippen molar-refractivity contribution in [2.45, 2.75) is 13.8 Å². The molecule has 8 aromatic rings. The van der Waals surface area contributed by atoms with E-state index in [-0.39, 0.29) is 0 Å². The van der Waals surface area contributed by atoms with E-state index in [1.165, 1.54) is 16.2 Å². The van der Waals surface area contributed by atoms with Crippen LogP contribution in [0, 0.1) is 13.8 Å². The highest BCUT2D eigenvalue weighted by molar-refractivity contribution is 6.23. The van der Waals surface area contributed by atoms with Crippen LogP contribution < -0.4 is 0 Å². The zero-order valence-corrected chi connectivity index (χ0v) is 21.1. The van der Waals surface area contributed by atoms with E-state index < -0.39 is 0 Å². The second kappa shape index (κ2) is 7.77. The molecular formula is C34H23N3O. The number of aryl methyl sites for hydroxylation is 2. The molecule has 0 saturated heterocycles. The van der Waals surface area contributed by atoms with Gasteiger partial charge in [-0.2, -0.15) is 0 Å². The largest absolute Gasteiger partial charge is 0.455 e. The van der Waals surface area contributed by atoms with Crippen LogP contribution in [0.1, 0.15) is 11.4 Å². The molecule has 180 valence electrons. The van der Waals surface area contributed by atoms with Crippen LogP contribution in [0.2, 0.25) is 0 Å². The first-order valence-electron chi connectivity index (χ1n) is 12.9. The molecule has 0 saturated carbocycles. The minimum absolute atomic E-state index is 0.845. The topological polar surface area (TPSA) is 43.9 Å². The molecule has 0 amide bonds. The lowest BCUT2D eigenvalue weighted by molar-refractivity contribution is 0.673. The van der Waals surface area contributed by atoms with Crippen molar-refractivity contribution in [2.75, 3.05) is 0 Å². The molecule has 3 heterocycles. The monoisotopic (exact) mass is 489 g/mol. The van der Waals surface area contributed by atoms with Crippen molar-refractivity contribution in [1.29, 1.82) is 0 Å². The predicted molar refractivity (Wildman–Crippen MR) is 156 cm³/mol. The number of benzene rings is 5. The molecule has 0 spiro atoms. The number of rotatable bonds is 2. The molecule has 38 heavy (non-hydrogen) atoms. The van der Waals surface area contributed by atoms with Crippen molar-refractivity contribution in [3.63, 3.8) is 0 Å². The lowest BCUT2D eigenvalue weighted by Gasteiger charge is -2.11. The smallest absolute Gasteiger partial charge is 0.149 e. The van der Waals surface area contributed by atoms with Gasteiger partial charge in [0.15, 0.2) is 0 Å². The van der Waals surface area contributed by atoms with E-state index in [2.05, 4.69) is 109 Å². The van der Waals surface area contributed by atoms with Crippen LogP contribution in [0.4, 0.5) is 0 Å². The Morgan fingerprint density at radius 1 is 0.632 bits per heavy atom. The summed E-state index contributed by atoms with van der Waals surface area (Å²) in [7, 11) is 0. The van der Waals surface area contributed by atoms with E-state index in [0.717, 1.165) is 66.8 Å². The van der Waals surface area contributed by atoms with Crippen molar-refractivity contribution in [3.05, 3.63) is 115 Å². The average Bonchev–Trinajstić information content (AvgIpc) is 3.52. The number of fused-ring (bicyclic) bond motifs is 8. The number of aromatic nitrogens is 3. The Morgan fingerprint density at radius 2 is 1.37 bits per heavy atom. The van der Waals surface area contributed by atoms with E-state index in [9.17, 15) is 0 Å². The summed E-state index contributed by atoms with van der Waals surface area (Å²) in [5.74, 6) is 0.848. The summed E-state index contributed by atoms with van der Waals surface area (Å²) in [6.07, 6.45) is 0. The standard InChI is InChI=1S/C34H23N3O/c1-20-19-29-31(21(2)35-20)37(24-10-4-3-5-11-24)34(36-29)28-14-8-13-26-27-18-17-23-16-15-22-9-6-7-12-25(22)30(23)33(27)38-32(26)28/h3-19H,1-2H3. The fraction of sp³-hybridized carbons (Fsp3) is 0.0588. The van der Waals surface area contributed by atoms with Gasteiger partial charge in [0.05, 0.1) is 22.3 Å². The number of para-hydroxylation sites is 2. The van der Waals surface area contributed by atoms with Gasteiger partial charge < -0.3 is 4.42 Å². The Bertz CT molecular complexity index is 2200. The molecule has 0 atom stereocenters. The molecule has 0 unspecified atom stereocenters. The van der Waals surface area contributed by atoms with Crippen molar-refractivity contribution >= 4 is 54.5 Å². The summed E-state index contributed by atoms with van der Waals surface area (Å²) >= 11 is 0. The van der Waals surface area contributed by atoms with Crippen molar-refractivity contribution in [2.24, 2.45) is 0 Å². The zero-order chi connectivity index (χ0) is 25.4. The molecule has 3 aromatic heterocycles. The van der Waals surface area contributed by atoms with Gasteiger partial charge in [-0.1, -0.05) is 72.8 Å². The van der Waals surface area contributed by atoms with Crippen LogP contribution >= 0.6 is 0 Å². The Labute approximate surface area is 218 Å². The molecule has 4 heteroatoms. The van der Waals surface area contributed by atoms with Gasteiger partial charge in [0.1, 0.15) is 17.0 Å². The fourth-order valence-corrected chi connectivity index (χ4v) is 5.96. The van der Waals surface area contributed by atoms with Gasteiger partial charge in [-0.05, 0) is 60.3 Å². The van der Waals surface area contributed by atoms with Gasteiger partial charge in [-0.25, -0.2) is 4.98 Å². The lowest BCUT2D eigenvalue weighted by atomic mass is 9.99. The van der Waals surface area contributed by atoms with Gasteiger partial charge in [0, 0.05) is 27.5 Å². The first-order chi connectivity index (χ1) is 18.7. The summed E-state index contributed by atoms with van der Waals surface area (Å²) < 4.78 is 9.05. The normalized spacial score (nSPS) is 11.9. The summed E-state index contributed by atoms with van der Waals surface area (Å²) in [4.78, 5) is 9.95. The maximum absolute atomic E-state index is 6.83.